The van der Waals surface area contributed by atoms with Crippen molar-refractivity contribution in [2.75, 3.05) is 26.0 Å². The molecule has 0 saturated carbocycles. The molecule has 0 fully saturated rings. The summed E-state index contributed by atoms with van der Waals surface area (Å²) in [6.07, 6.45) is 2.36. The Morgan fingerprint density at radius 3 is 2.41 bits per heavy atom. The number of anilines is 1. The first-order valence-electron chi connectivity index (χ1n) is 12.0. The maximum Gasteiger partial charge on any atom is 0.244 e. The standard InChI is InChI=1S/C25H33N3O7.C2H6/c1-14(2)24-18(19(5-6-20(24)31)27-23(34)12-28(3)4)8-15-7-16(10-17(30)11-22(26)33)25(35,13-29)21(32)9-15;1-2/h5-6,9,11,13,15-16,30-32,35H,1,7-8,10,12H2,2-4H3,(H2,26,33)(H,27,34);1-2H3/b17-11-;/t15?,16?,25-;/m0./s1. The fourth-order valence-electron chi connectivity index (χ4n) is 4.37. The summed E-state index contributed by atoms with van der Waals surface area (Å²) >= 11 is 0. The molecule has 0 bridgehead atoms. The number of likely N-dealkylation sites (N-methyl/N-ethyl adjacent to an activating group) is 1. The topological polar surface area (TPSA) is 173 Å². The van der Waals surface area contributed by atoms with Crippen LogP contribution < -0.4 is 11.1 Å². The molecule has 2 amide bonds. The van der Waals surface area contributed by atoms with Gasteiger partial charge in [-0.05, 0) is 69.1 Å². The van der Waals surface area contributed by atoms with E-state index in [1.165, 1.54) is 12.1 Å². The highest BCUT2D eigenvalue weighted by atomic mass is 16.3. The Bertz CT molecular complexity index is 1080. The highest BCUT2D eigenvalue weighted by Crippen LogP contribution is 2.42. The number of nitrogens with zero attached hydrogens (tertiary/aromatic N) is 1. The maximum absolute atomic E-state index is 12.4. The average Bonchev–Trinajstić information content (AvgIpc) is 2.79. The molecule has 0 spiro atoms. The predicted octanol–water partition coefficient (Wildman–Crippen LogP) is 2.82. The number of phenolic OH excluding ortho intramolecular Hbond substituents is 1. The Balaban J connectivity index is 0.00000334. The van der Waals surface area contributed by atoms with E-state index < -0.39 is 34.9 Å². The first-order valence-corrected chi connectivity index (χ1v) is 12.0. The summed E-state index contributed by atoms with van der Waals surface area (Å²) in [7, 11) is 3.51. The second-order valence-corrected chi connectivity index (χ2v) is 9.19. The average molecular weight is 518 g/mol. The van der Waals surface area contributed by atoms with Crippen LogP contribution in [0.5, 0.6) is 5.75 Å². The predicted molar refractivity (Wildman–Crippen MR) is 143 cm³/mol. The van der Waals surface area contributed by atoms with Gasteiger partial charge >= 0.3 is 0 Å². The highest BCUT2D eigenvalue weighted by Gasteiger charge is 2.45. The van der Waals surface area contributed by atoms with Crippen LogP contribution in [0.4, 0.5) is 5.69 Å². The molecule has 10 heteroatoms. The molecule has 1 aromatic rings. The Morgan fingerprint density at radius 1 is 1.27 bits per heavy atom. The van der Waals surface area contributed by atoms with Crippen LogP contribution in [-0.2, 0) is 20.8 Å². The molecule has 10 nitrogen and oxygen atoms in total. The van der Waals surface area contributed by atoms with Crippen molar-refractivity contribution in [3.05, 3.63) is 53.5 Å². The number of allylic oxidation sites excluding steroid dienone is 3. The molecule has 2 rings (SSSR count). The van der Waals surface area contributed by atoms with E-state index in [1.807, 2.05) is 13.8 Å². The van der Waals surface area contributed by atoms with Crippen LogP contribution in [0, 0.1) is 11.8 Å². The van der Waals surface area contributed by atoms with Gasteiger partial charge in [-0.3, -0.25) is 14.4 Å². The Kier molecular flexibility index (Phi) is 11.6. The van der Waals surface area contributed by atoms with E-state index in [-0.39, 0.29) is 43.8 Å². The van der Waals surface area contributed by atoms with Gasteiger partial charge in [0.25, 0.3) is 0 Å². The van der Waals surface area contributed by atoms with Crippen molar-refractivity contribution in [3.63, 3.8) is 0 Å². The van der Waals surface area contributed by atoms with Gasteiger partial charge in [0.1, 0.15) is 11.5 Å². The lowest BCUT2D eigenvalue weighted by Gasteiger charge is -2.37. The van der Waals surface area contributed by atoms with Crippen molar-refractivity contribution in [1.82, 2.24) is 4.90 Å². The molecule has 204 valence electrons. The second-order valence-electron chi connectivity index (χ2n) is 9.19. The minimum absolute atomic E-state index is 0.0369. The number of carbonyl (C=O) groups excluding carboxylic acids is 3. The number of benzene rings is 1. The van der Waals surface area contributed by atoms with Gasteiger partial charge in [-0.25, -0.2) is 0 Å². The van der Waals surface area contributed by atoms with Gasteiger partial charge in [-0.15, -0.1) is 0 Å². The second kappa shape index (κ2) is 13.6. The third-order valence-corrected chi connectivity index (χ3v) is 5.88. The number of amides is 2. The molecule has 1 aliphatic carbocycles. The van der Waals surface area contributed by atoms with Gasteiger partial charge in [-0.1, -0.05) is 20.4 Å². The van der Waals surface area contributed by atoms with Crippen molar-refractivity contribution in [1.29, 1.82) is 0 Å². The lowest BCUT2D eigenvalue weighted by molar-refractivity contribution is -0.130. The zero-order chi connectivity index (χ0) is 28.5. The first-order chi connectivity index (χ1) is 17.3. The minimum Gasteiger partial charge on any atom is -0.512 e. The van der Waals surface area contributed by atoms with E-state index in [2.05, 4.69) is 11.9 Å². The molecule has 0 saturated heterocycles. The molecule has 1 aromatic carbocycles. The number of primary amides is 1. The molecule has 1 aliphatic rings. The fourth-order valence-corrected chi connectivity index (χ4v) is 4.37. The lowest BCUT2D eigenvalue weighted by Crippen LogP contribution is -2.46. The van der Waals surface area contributed by atoms with Crippen LogP contribution in [0.15, 0.2) is 42.4 Å². The van der Waals surface area contributed by atoms with Crippen LogP contribution in [0.3, 0.4) is 0 Å². The molecule has 3 atom stereocenters. The van der Waals surface area contributed by atoms with Gasteiger partial charge < -0.3 is 36.4 Å². The SMILES string of the molecule is C=C(C)c1c(O)ccc(NC(=O)CN(C)C)c1CC1C=C(O)[C@](O)(C=O)C(C/C(O)=C/C(N)=O)C1.CC. The molecule has 0 aromatic heterocycles. The van der Waals surface area contributed by atoms with Gasteiger partial charge in [0.15, 0.2) is 11.9 Å². The molecule has 0 heterocycles. The van der Waals surface area contributed by atoms with Crippen molar-refractivity contribution >= 4 is 29.4 Å². The lowest BCUT2D eigenvalue weighted by atomic mass is 9.71. The quantitative estimate of drug-likeness (QED) is 0.119. The number of carbonyl (C=O) groups is 3. The molecular formula is C27H39N3O7. The normalized spacial score (nSPS) is 21.4. The molecule has 37 heavy (non-hydrogen) atoms. The van der Waals surface area contributed by atoms with E-state index in [1.54, 1.807) is 32.0 Å². The first kappa shape index (κ1) is 31.4. The van der Waals surface area contributed by atoms with E-state index in [4.69, 9.17) is 5.73 Å². The summed E-state index contributed by atoms with van der Waals surface area (Å²) in [6.45, 7) is 9.76. The number of hydrogen-bond donors (Lipinski definition) is 6. The molecule has 0 radical (unpaired) electrons. The Morgan fingerprint density at radius 2 is 1.89 bits per heavy atom. The summed E-state index contributed by atoms with van der Waals surface area (Å²) in [6, 6.07) is 3.02. The van der Waals surface area contributed by atoms with E-state index >= 15 is 0 Å². The summed E-state index contributed by atoms with van der Waals surface area (Å²) < 4.78 is 0. The van der Waals surface area contributed by atoms with Crippen LogP contribution in [0.25, 0.3) is 5.57 Å². The third kappa shape index (κ3) is 8.19. The van der Waals surface area contributed by atoms with E-state index in [0.717, 1.165) is 6.08 Å². The highest BCUT2D eigenvalue weighted by molar-refractivity contribution is 5.94. The van der Waals surface area contributed by atoms with Crippen LogP contribution in [-0.4, -0.2) is 69.7 Å². The van der Waals surface area contributed by atoms with E-state index in [0.29, 0.717) is 22.4 Å². The number of hydrogen-bond acceptors (Lipinski definition) is 8. The smallest absolute Gasteiger partial charge is 0.244 e. The van der Waals surface area contributed by atoms with Gasteiger partial charge in [-0.2, -0.15) is 0 Å². The number of nitrogens with one attached hydrogen (secondary N) is 1. The Hall–Kier alpha value is -3.63. The summed E-state index contributed by atoms with van der Waals surface area (Å²) in [5, 5.41) is 44.7. The van der Waals surface area contributed by atoms with Crippen molar-refractivity contribution in [2.24, 2.45) is 17.6 Å². The molecular weight excluding hydrogens is 478 g/mol. The molecule has 2 unspecified atom stereocenters. The molecule has 0 aliphatic heterocycles. The summed E-state index contributed by atoms with van der Waals surface area (Å²) in [5.74, 6) is -3.66. The monoisotopic (exact) mass is 517 g/mol. The van der Waals surface area contributed by atoms with Gasteiger partial charge in [0, 0.05) is 29.7 Å². The number of aldehydes is 1. The van der Waals surface area contributed by atoms with Crippen molar-refractivity contribution in [2.45, 2.75) is 45.6 Å². The number of phenols is 1. The van der Waals surface area contributed by atoms with Crippen molar-refractivity contribution in [3.8, 4) is 5.75 Å². The van der Waals surface area contributed by atoms with Crippen molar-refractivity contribution < 1.29 is 34.8 Å². The number of aliphatic hydroxyl groups excluding tert-OH is 2. The van der Waals surface area contributed by atoms with Crippen LogP contribution >= 0.6 is 0 Å². The zero-order valence-corrected chi connectivity index (χ0v) is 22.1. The number of aromatic hydroxyl groups is 1. The number of rotatable bonds is 10. The van der Waals surface area contributed by atoms with E-state index in [9.17, 15) is 34.8 Å². The van der Waals surface area contributed by atoms with Gasteiger partial charge in [0.05, 0.1) is 12.3 Å². The zero-order valence-electron chi connectivity index (χ0n) is 22.1. The maximum atomic E-state index is 12.4. The van der Waals surface area contributed by atoms with Crippen LogP contribution in [0.2, 0.25) is 0 Å². The Labute approximate surface area is 217 Å². The fraction of sp³-hybridized carbons (Fsp3) is 0.444. The summed E-state index contributed by atoms with van der Waals surface area (Å²) in [5.41, 5.74) is 4.80. The molecule has 7 N–H and O–H groups in total. The summed E-state index contributed by atoms with van der Waals surface area (Å²) in [4.78, 5) is 36.9. The minimum atomic E-state index is -2.26. The third-order valence-electron chi connectivity index (χ3n) is 5.88. The largest absolute Gasteiger partial charge is 0.512 e. The number of nitrogens with two attached hydrogens (primary N) is 1. The van der Waals surface area contributed by atoms with Crippen LogP contribution in [0.1, 0.15) is 44.7 Å². The number of aliphatic hydroxyl groups is 3. The van der Waals surface area contributed by atoms with Gasteiger partial charge in [0.2, 0.25) is 11.8 Å².